The zero-order valence-corrected chi connectivity index (χ0v) is 13.1. The molecule has 0 amide bonds. The third-order valence-corrected chi connectivity index (χ3v) is 4.27. The van der Waals surface area contributed by atoms with Gasteiger partial charge in [0.2, 0.25) is 0 Å². The van der Waals surface area contributed by atoms with Gasteiger partial charge in [-0.15, -0.1) is 11.3 Å². The number of rotatable bonds is 7. The fourth-order valence-electron chi connectivity index (χ4n) is 1.80. The number of aryl methyl sites for hydroxylation is 1. The molecule has 0 atom stereocenters. The molecule has 0 bridgehead atoms. The first-order chi connectivity index (χ1) is 9.66. The summed E-state index contributed by atoms with van der Waals surface area (Å²) in [7, 11) is 0. The largest absolute Gasteiger partial charge is 0.373 e. The number of benzene rings is 1. The average molecular weight is 329 g/mol. The fourth-order valence-corrected chi connectivity index (χ4v) is 3.30. The lowest BCUT2D eigenvalue weighted by Crippen LogP contribution is -2.09. The minimum atomic E-state index is -0.127. The summed E-state index contributed by atoms with van der Waals surface area (Å²) < 4.78 is 6.33. The SMILES string of the molecule is O=C(COCCCc1ccccc1)c1cc(Cl)sc1Cl. The second-order valence-electron chi connectivity index (χ2n) is 4.30. The Bertz CT molecular complexity index is 567. The van der Waals surface area contributed by atoms with Crippen LogP contribution in [0.1, 0.15) is 22.3 Å². The Morgan fingerprint density at radius 3 is 2.60 bits per heavy atom. The van der Waals surface area contributed by atoms with E-state index in [-0.39, 0.29) is 12.4 Å². The molecule has 0 fully saturated rings. The summed E-state index contributed by atoms with van der Waals surface area (Å²) in [5.74, 6) is -0.127. The number of carbonyl (C=O) groups is 1. The molecule has 106 valence electrons. The van der Waals surface area contributed by atoms with Crippen LogP contribution in [-0.2, 0) is 11.2 Å². The molecule has 0 aliphatic heterocycles. The van der Waals surface area contributed by atoms with E-state index in [4.69, 9.17) is 27.9 Å². The molecule has 0 N–H and O–H groups in total. The molecule has 0 unspecified atom stereocenters. The topological polar surface area (TPSA) is 26.3 Å². The Kier molecular flexibility index (Phi) is 6.05. The molecule has 5 heteroatoms. The van der Waals surface area contributed by atoms with Crippen LogP contribution in [0, 0.1) is 0 Å². The monoisotopic (exact) mass is 328 g/mol. The van der Waals surface area contributed by atoms with Gasteiger partial charge in [0.05, 0.1) is 9.90 Å². The van der Waals surface area contributed by atoms with Crippen LogP contribution in [0.2, 0.25) is 8.67 Å². The molecule has 0 radical (unpaired) electrons. The molecular formula is C15H14Cl2O2S. The minimum absolute atomic E-state index is 0.0432. The van der Waals surface area contributed by atoms with E-state index in [1.165, 1.54) is 16.9 Å². The van der Waals surface area contributed by atoms with E-state index in [1.54, 1.807) is 6.07 Å². The number of hydrogen-bond donors (Lipinski definition) is 0. The van der Waals surface area contributed by atoms with Crippen LogP contribution in [0.4, 0.5) is 0 Å². The van der Waals surface area contributed by atoms with Crippen molar-refractivity contribution in [3.8, 4) is 0 Å². The van der Waals surface area contributed by atoms with Gasteiger partial charge in [0.1, 0.15) is 10.9 Å². The predicted octanol–water partition coefficient (Wildman–Crippen LogP) is 4.89. The summed E-state index contributed by atoms with van der Waals surface area (Å²) in [6.45, 7) is 0.595. The van der Waals surface area contributed by atoms with Crippen LogP contribution in [0.15, 0.2) is 36.4 Å². The maximum Gasteiger partial charge on any atom is 0.190 e. The molecule has 0 aliphatic carbocycles. The number of ether oxygens (including phenoxy) is 1. The maximum atomic E-state index is 11.9. The minimum Gasteiger partial charge on any atom is -0.373 e. The lowest BCUT2D eigenvalue weighted by atomic mass is 10.1. The van der Waals surface area contributed by atoms with Gasteiger partial charge in [0.25, 0.3) is 0 Å². The molecule has 1 aromatic carbocycles. The number of thiophene rings is 1. The van der Waals surface area contributed by atoms with Gasteiger partial charge in [-0.3, -0.25) is 4.79 Å². The summed E-state index contributed by atoms with van der Waals surface area (Å²) in [4.78, 5) is 11.9. The number of hydrogen-bond acceptors (Lipinski definition) is 3. The highest BCUT2D eigenvalue weighted by Gasteiger charge is 2.14. The van der Waals surface area contributed by atoms with E-state index in [0.29, 0.717) is 20.8 Å². The second kappa shape index (κ2) is 7.79. The maximum absolute atomic E-state index is 11.9. The van der Waals surface area contributed by atoms with Crippen LogP contribution in [0.5, 0.6) is 0 Å². The summed E-state index contributed by atoms with van der Waals surface area (Å²) in [5, 5.41) is 0. The van der Waals surface area contributed by atoms with E-state index in [9.17, 15) is 4.79 Å². The van der Waals surface area contributed by atoms with E-state index in [2.05, 4.69) is 12.1 Å². The molecule has 1 aromatic heterocycles. The van der Waals surface area contributed by atoms with Gasteiger partial charge in [-0.05, 0) is 24.5 Å². The van der Waals surface area contributed by atoms with Crippen molar-refractivity contribution in [1.82, 2.24) is 0 Å². The number of Topliss-reactive ketones (excluding diaryl/α,β-unsaturated/α-hetero) is 1. The van der Waals surface area contributed by atoms with Gasteiger partial charge < -0.3 is 4.74 Å². The van der Waals surface area contributed by atoms with Gasteiger partial charge >= 0.3 is 0 Å². The van der Waals surface area contributed by atoms with Gasteiger partial charge in [-0.1, -0.05) is 53.5 Å². The number of carbonyl (C=O) groups excluding carboxylic acids is 1. The van der Waals surface area contributed by atoms with E-state index >= 15 is 0 Å². The first-order valence-electron chi connectivity index (χ1n) is 6.26. The molecule has 20 heavy (non-hydrogen) atoms. The van der Waals surface area contributed by atoms with Gasteiger partial charge in [0, 0.05) is 6.61 Å². The average Bonchev–Trinajstić information content (AvgIpc) is 2.78. The Morgan fingerprint density at radius 2 is 1.95 bits per heavy atom. The Morgan fingerprint density at radius 1 is 1.20 bits per heavy atom. The molecule has 2 nitrogen and oxygen atoms in total. The standard InChI is InChI=1S/C15H14Cl2O2S/c16-14-9-12(15(17)20-14)13(18)10-19-8-4-7-11-5-2-1-3-6-11/h1-3,5-6,9H,4,7-8,10H2. The van der Waals surface area contributed by atoms with Crippen molar-refractivity contribution in [3.63, 3.8) is 0 Å². The summed E-state index contributed by atoms with van der Waals surface area (Å²) in [5.41, 5.74) is 1.72. The van der Waals surface area contributed by atoms with Crippen molar-refractivity contribution in [1.29, 1.82) is 0 Å². The molecule has 0 spiro atoms. The van der Waals surface area contributed by atoms with E-state index in [1.807, 2.05) is 18.2 Å². The highest BCUT2D eigenvalue weighted by Crippen LogP contribution is 2.31. The van der Waals surface area contributed by atoms with Crippen molar-refractivity contribution in [2.24, 2.45) is 0 Å². The quantitative estimate of drug-likeness (QED) is 0.534. The third-order valence-electron chi connectivity index (χ3n) is 2.79. The molecule has 0 saturated carbocycles. The number of ketones is 1. The van der Waals surface area contributed by atoms with Crippen LogP contribution < -0.4 is 0 Å². The van der Waals surface area contributed by atoms with Crippen molar-refractivity contribution in [2.45, 2.75) is 12.8 Å². The highest BCUT2D eigenvalue weighted by molar-refractivity contribution is 7.20. The normalized spacial score (nSPS) is 10.7. The molecule has 2 aromatic rings. The molecule has 1 heterocycles. The first-order valence-corrected chi connectivity index (χ1v) is 7.84. The highest BCUT2D eigenvalue weighted by atomic mass is 35.5. The summed E-state index contributed by atoms with van der Waals surface area (Å²) in [6, 6.07) is 11.8. The van der Waals surface area contributed by atoms with Gasteiger partial charge in [-0.2, -0.15) is 0 Å². The van der Waals surface area contributed by atoms with E-state index in [0.717, 1.165) is 12.8 Å². The van der Waals surface area contributed by atoms with Gasteiger partial charge in [-0.25, -0.2) is 0 Å². The van der Waals surface area contributed by atoms with Crippen LogP contribution in [0.25, 0.3) is 0 Å². The smallest absolute Gasteiger partial charge is 0.190 e. The van der Waals surface area contributed by atoms with Crippen molar-refractivity contribution in [3.05, 3.63) is 56.2 Å². The molecular weight excluding hydrogens is 315 g/mol. The van der Waals surface area contributed by atoms with Crippen molar-refractivity contribution >= 4 is 40.3 Å². The second-order valence-corrected chi connectivity index (χ2v) is 6.59. The fraction of sp³-hybridized carbons (Fsp3) is 0.267. The lowest BCUT2D eigenvalue weighted by Gasteiger charge is -2.03. The predicted molar refractivity (Wildman–Crippen MR) is 84.3 cm³/mol. The number of halogens is 2. The molecule has 0 aliphatic rings. The van der Waals surface area contributed by atoms with Crippen molar-refractivity contribution < 1.29 is 9.53 Å². The molecule has 0 saturated heterocycles. The summed E-state index contributed by atoms with van der Waals surface area (Å²) >= 11 is 12.9. The Balaban J connectivity index is 1.68. The van der Waals surface area contributed by atoms with Crippen LogP contribution in [0.3, 0.4) is 0 Å². The zero-order valence-electron chi connectivity index (χ0n) is 10.8. The Hall–Kier alpha value is -0.870. The third kappa shape index (κ3) is 4.60. The van der Waals surface area contributed by atoms with E-state index < -0.39 is 0 Å². The first kappa shape index (κ1) is 15.5. The van der Waals surface area contributed by atoms with Crippen LogP contribution in [-0.4, -0.2) is 19.0 Å². The van der Waals surface area contributed by atoms with Crippen LogP contribution >= 0.6 is 34.5 Å². The Labute approximate surface area is 132 Å². The van der Waals surface area contributed by atoms with Gasteiger partial charge in [0.15, 0.2) is 5.78 Å². The lowest BCUT2D eigenvalue weighted by molar-refractivity contribution is 0.0756. The van der Waals surface area contributed by atoms with Crippen molar-refractivity contribution in [2.75, 3.05) is 13.2 Å². The molecule has 2 rings (SSSR count). The summed E-state index contributed by atoms with van der Waals surface area (Å²) in [6.07, 6.45) is 1.83. The zero-order chi connectivity index (χ0) is 14.4.